The van der Waals surface area contributed by atoms with Crippen LogP contribution in [0, 0.1) is 0 Å². The second kappa shape index (κ2) is 11.9. The first-order valence-corrected chi connectivity index (χ1v) is 13.0. The zero-order valence-corrected chi connectivity index (χ0v) is 22.3. The maximum absolute atomic E-state index is 13.1. The third-order valence-corrected chi connectivity index (χ3v) is 7.43. The SMILES string of the molecule is O=C(/C=C/c1ccc(/C=C2\SC(=S)N([C@@H](Cc3ccccc3)C(=O)O)C2=O)cc1)c1ccc(Cl)cc1Cl. The number of nitrogens with zero attached hydrogens (tertiary/aromatic N) is 1. The van der Waals surface area contributed by atoms with Gasteiger partial charge in [-0.1, -0.05) is 108 Å². The van der Waals surface area contributed by atoms with Crippen LogP contribution in [0.2, 0.25) is 10.0 Å². The van der Waals surface area contributed by atoms with Crippen molar-refractivity contribution in [2.45, 2.75) is 12.5 Å². The molecule has 0 unspecified atom stereocenters. The number of carboxylic acids is 1. The Morgan fingerprint density at radius 3 is 2.32 bits per heavy atom. The van der Waals surface area contributed by atoms with Gasteiger partial charge in [0.25, 0.3) is 5.91 Å². The van der Waals surface area contributed by atoms with Crippen molar-refractivity contribution in [3.63, 3.8) is 0 Å². The van der Waals surface area contributed by atoms with Crippen LogP contribution in [0.5, 0.6) is 0 Å². The van der Waals surface area contributed by atoms with Gasteiger partial charge >= 0.3 is 5.97 Å². The number of allylic oxidation sites excluding steroid dienone is 1. The van der Waals surface area contributed by atoms with Crippen LogP contribution in [-0.2, 0) is 16.0 Å². The quantitative estimate of drug-likeness (QED) is 0.183. The van der Waals surface area contributed by atoms with E-state index in [9.17, 15) is 19.5 Å². The van der Waals surface area contributed by atoms with Gasteiger partial charge in [0.05, 0.1) is 9.93 Å². The number of thiocarbonyl (C=S) groups is 1. The van der Waals surface area contributed by atoms with Crippen LogP contribution >= 0.6 is 47.2 Å². The summed E-state index contributed by atoms with van der Waals surface area (Å²) >= 11 is 18.4. The molecule has 0 aromatic heterocycles. The molecule has 186 valence electrons. The predicted octanol–water partition coefficient (Wildman–Crippen LogP) is 6.79. The minimum atomic E-state index is -1.12. The summed E-state index contributed by atoms with van der Waals surface area (Å²) in [5.41, 5.74) is 2.66. The molecule has 0 spiro atoms. The fraction of sp³-hybridized carbons (Fsp3) is 0.0714. The molecule has 5 nitrogen and oxygen atoms in total. The van der Waals surface area contributed by atoms with Crippen LogP contribution in [-0.4, -0.2) is 38.0 Å². The van der Waals surface area contributed by atoms with Gasteiger partial charge in [-0.15, -0.1) is 0 Å². The van der Waals surface area contributed by atoms with Gasteiger partial charge in [-0.05, 0) is 47.0 Å². The fourth-order valence-electron chi connectivity index (χ4n) is 3.68. The standard InChI is InChI=1S/C28H19Cl2NO4S2/c29-20-11-12-21(22(30)16-20)24(32)13-10-17-6-8-19(9-7-17)15-25-26(33)31(28(36)37-25)23(27(34)35)14-18-4-2-1-3-5-18/h1-13,15-16,23H,14H2,(H,34,35)/b13-10+,25-15-/t23-/m0/s1. The monoisotopic (exact) mass is 567 g/mol. The maximum Gasteiger partial charge on any atom is 0.327 e. The topological polar surface area (TPSA) is 74.7 Å². The van der Waals surface area contributed by atoms with E-state index in [-0.39, 0.29) is 21.5 Å². The van der Waals surface area contributed by atoms with E-state index in [0.717, 1.165) is 28.5 Å². The molecule has 9 heteroatoms. The van der Waals surface area contributed by atoms with Gasteiger partial charge in [-0.2, -0.15) is 0 Å². The highest BCUT2D eigenvalue weighted by Crippen LogP contribution is 2.35. The molecule has 1 saturated heterocycles. The molecule has 1 aliphatic heterocycles. The molecule has 1 atom stereocenters. The van der Waals surface area contributed by atoms with Crippen molar-refractivity contribution in [3.05, 3.63) is 116 Å². The number of rotatable bonds is 8. The molecule has 1 amide bonds. The van der Waals surface area contributed by atoms with Crippen LogP contribution in [0.15, 0.2) is 83.8 Å². The van der Waals surface area contributed by atoms with Crippen LogP contribution in [0.25, 0.3) is 12.2 Å². The van der Waals surface area contributed by atoms with Crippen molar-refractivity contribution >= 4 is 81.3 Å². The average Bonchev–Trinajstić information content (AvgIpc) is 3.14. The van der Waals surface area contributed by atoms with E-state index in [0.29, 0.717) is 15.5 Å². The van der Waals surface area contributed by atoms with Gasteiger partial charge in [0.2, 0.25) is 0 Å². The summed E-state index contributed by atoms with van der Waals surface area (Å²) < 4.78 is 0.207. The Balaban J connectivity index is 1.47. The number of carbonyl (C=O) groups excluding carboxylic acids is 2. The summed E-state index contributed by atoms with van der Waals surface area (Å²) in [5, 5.41) is 10.5. The first kappa shape index (κ1) is 26.8. The Hall–Kier alpha value is -3.23. The number of benzene rings is 3. The highest BCUT2D eigenvalue weighted by atomic mass is 35.5. The van der Waals surface area contributed by atoms with E-state index in [1.807, 2.05) is 30.3 Å². The van der Waals surface area contributed by atoms with Crippen LogP contribution in [0.3, 0.4) is 0 Å². The normalized spacial score (nSPS) is 15.5. The van der Waals surface area contributed by atoms with Crippen molar-refractivity contribution in [2.75, 3.05) is 0 Å². The number of hydrogen-bond acceptors (Lipinski definition) is 5. The van der Waals surface area contributed by atoms with Crippen LogP contribution < -0.4 is 0 Å². The Morgan fingerprint density at radius 1 is 1.00 bits per heavy atom. The molecule has 1 aliphatic rings. The predicted molar refractivity (Wildman–Crippen MR) is 153 cm³/mol. The number of aliphatic carboxylic acids is 1. The number of amides is 1. The number of carbonyl (C=O) groups is 3. The van der Waals surface area contributed by atoms with E-state index >= 15 is 0 Å². The fourth-order valence-corrected chi connectivity index (χ4v) is 5.54. The Bertz CT molecular complexity index is 1440. The van der Waals surface area contributed by atoms with E-state index in [1.165, 1.54) is 17.0 Å². The highest BCUT2D eigenvalue weighted by molar-refractivity contribution is 8.26. The lowest BCUT2D eigenvalue weighted by molar-refractivity contribution is -0.145. The lowest BCUT2D eigenvalue weighted by Gasteiger charge is -2.23. The van der Waals surface area contributed by atoms with Gasteiger partial charge in [-0.25, -0.2) is 4.79 Å². The summed E-state index contributed by atoms with van der Waals surface area (Å²) in [6.07, 6.45) is 4.91. The van der Waals surface area contributed by atoms with Gasteiger partial charge in [0.1, 0.15) is 10.4 Å². The lowest BCUT2D eigenvalue weighted by atomic mass is 10.0. The zero-order chi connectivity index (χ0) is 26.5. The largest absolute Gasteiger partial charge is 0.480 e. The second-order valence-corrected chi connectivity index (χ2v) is 10.6. The summed E-state index contributed by atoms with van der Waals surface area (Å²) in [4.78, 5) is 39.1. The molecule has 0 saturated carbocycles. The highest BCUT2D eigenvalue weighted by Gasteiger charge is 2.40. The molecule has 0 bridgehead atoms. The number of thioether (sulfide) groups is 1. The molecular weight excluding hydrogens is 549 g/mol. The van der Waals surface area contributed by atoms with E-state index in [2.05, 4.69) is 0 Å². The Morgan fingerprint density at radius 2 is 1.68 bits per heavy atom. The molecule has 3 aromatic rings. The van der Waals surface area contributed by atoms with Crippen molar-refractivity contribution < 1.29 is 19.5 Å². The molecular formula is C28H19Cl2NO4S2. The first-order valence-electron chi connectivity index (χ1n) is 11.0. The summed E-state index contributed by atoms with van der Waals surface area (Å²) in [6.45, 7) is 0. The minimum absolute atomic E-state index is 0.150. The number of halogens is 2. The Labute approximate surface area is 233 Å². The Kier molecular flexibility index (Phi) is 8.61. The van der Waals surface area contributed by atoms with Gasteiger partial charge < -0.3 is 5.11 Å². The van der Waals surface area contributed by atoms with Crippen molar-refractivity contribution in [1.29, 1.82) is 0 Å². The van der Waals surface area contributed by atoms with E-state index in [4.69, 9.17) is 35.4 Å². The van der Waals surface area contributed by atoms with Crippen molar-refractivity contribution in [2.24, 2.45) is 0 Å². The van der Waals surface area contributed by atoms with Crippen LogP contribution in [0.1, 0.15) is 27.0 Å². The van der Waals surface area contributed by atoms with Crippen molar-refractivity contribution in [1.82, 2.24) is 4.90 Å². The molecule has 1 heterocycles. The average molecular weight is 569 g/mol. The summed E-state index contributed by atoms with van der Waals surface area (Å²) in [5.74, 6) is -1.81. The maximum atomic E-state index is 13.1. The number of carboxylic acid groups (broad SMARTS) is 1. The van der Waals surface area contributed by atoms with E-state index < -0.39 is 17.9 Å². The van der Waals surface area contributed by atoms with Crippen molar-refractivity contribution in [3.8, 4) is 0 Å². The third-order valence-electron chi connectivity index (χ3n) is 5.55. The van der Waals surface area contributed by atoms with E-state index in [1.54, 1.807) is 48.6 Å². The van der Waals surface area contributed by atoms with Crippen LogP contribution in [0.4, 0.5) is 0 Å². The molecule has 37 heavy (non-hydrogen) atoms. The zero-order valence-electron chi connectivity index (χ0n) is 19.1. The molecule has 1 fully saturated rings. The molecule has 0 aliphatic carbocycles. The third kappa shape index (κ3) is 6.56. The number of hydrogen-bond donors (Lipinski definition) is 1. The molecule has 0 radical (unpaired) electrons. The minimum Gasteiger partial charge on any atom is -0.480 e. The van der Waals surface area contributed by atoms with Gasteiger partial charge in [-0.3, -0.25) is 14.5 Å². The lowest BCUT2D eigenvalue weighted by Crippen LogP contribution is -2.45. The summed E-state index contributed by atoms with van der Waals surface area (Å²) in [7, 11) is 0. The number of ketones is 1. The molecule has 3 aromatic carbocycles. The first-order chi connectivity index (χ1) is 17.7. The molecule has 4 rings (SSSR count). The van der Waals surface area contributed by atoms with Gasteiger partial charge in [0.15, 0.2) is 5.78 Å². The summed E-state index contributed by atoms with van der Waals surface area (Å²) in [6, 6.07) is 19.9. The van der Waals surface area contributed by atoms with Gasteiger partial charge in [0, 0.05) is 17.0 Å². The second-order valence-electron chi connectivity index (χ2n) is 8.08. The molecule has 1 N–H and O–H groups in total. The smallest absolute Gasteiger partial charge is 0.327 e.